The molecule has 1 fully saturated rings. The molecule has 4 rings (SSSR count). The van der Waals surface area contributed by atoms with Crippen molar-refractivity contribution in [3.8, 4) is 22.8 Å². The maximum atomic E-state index is 13.0. The lowest BCUT2D eigenvalue weighted by molar-refractivity contribution is 0.0621. The van der Waals surface area contributed by atoms with Crippen molar-refractivity contribution >= 4 is 5.91 Å². The predicted molar refractivity (Wildman–Crippen MR) is 115 cm³/mol. The van der Waals surface area contributed by atoms with Crippen LogP contribution in [0.3, 0.4) is 0 Å². The Morgan fingerprint density at radius 3 is 2.40 bits per heavy atom. The average Bonchev–Trinajstić information content (AvgIpc) is 3.30. The molecule has 2 heterocycles. The zero-order valence-corrected chi connectivity index (χ0v) is 17.1. The van der Waals surface area contributed by atoms with Crippen molar-refractivity contribution in [1.82, 2.24) is 20.0 Å². The maximum absolute atomic E-state index is 13.0. The molecule has 0 saturated carbocycles. The van der Waals surface area contributed by atoms with Crippen molar-refractivity contribution in [3.63, 3.8) is 0 Å². The Labute approximate surface area is 176 Å². The first kappa shape index (κ1) is 20.0. The van der Waals surface area contributed by atoms with Crippen LogP contribution in [0.4, 0.5) is 0 Å². The summed E-state index contributed by atoms with van der Waals surface area (Å²) in [6.07, 6.45) is 1.62. The molecule has 3 aromatic rings. The lowest BCUT2D eigenvalue weighted by atomic mass is 10.1. The number of carbonyl (C=O) groups is 1. The molecule has 156 valence electrons. The van der Waals surface area contributed by atoms with Gasteiger partial charge in [0, 0.05) is 38.3 Å². The van der Waals surface area contributed by atoms with E-state index in [1.165, 1.54) is 0 Å². The van der Waals surface area contributed by atoms with Crippen LogP contribution in [0.25, 0.3) is 11.3 Å². The van der Waals surface area contributed by atoms with Crippen molar-refractivity contribution < 1.29 is 14.3 Å². The third kappa shape index (κ3) is 4.63. The molecule has 30 heavy (non-hydrogen) atoms. The van der Waals surface area contributed by atoms with E-state index >= 15 is 0 Å². The summed E-state index contributed by atoms with van der Waals surface area (Å²) in [6, 6.07) is 17.4. The summed E-state index contributed by atoms with van der Waals surface area (Å²) in [5.74, 6) is 1.67. The number of benzene rings is 2. The van der Waals surface area contributed by atoms with Gasteiger partial charge in [-0.2, -0.15) is 5.10 Å². The van der Waals surface area contributed by atoms with E-state index < -0.39 is 0 Å². The van der Waals surface area contributed by atoms with Crippen LogP contribution in [0.15, 0.2) is 60.8 Å². The van der Waals surface area contributed by atoms with Crippen LogP contribution in [-0.4, -0.2) is 72.3 Å². The van der Waals surface area contributed by atoms with E-state index in [2.05, 4.69) is 15.1 Å². The molecule has 1 aliphatic rings. The monoisotopic (exact) mass is 406 g/mol. The molecule has 7 heteroatoms. The van der Waals surface area contributed by atoms with Gasteiger partial charge in [-0.05, 0) is 24.3 Å². The first-order chi connectivity index (χ1) is 14.7. The van der Waals surface area contributed by atoms with Crippen molar-refractivity contribution in [3.05, 3.63) is 66.4 Å². The highest BCUT2D eigenvalue weighted by molar-refractivity contribution is 5.99. The van der Waals surface area contributed by atoms with E-state index in [0.29, 0.717) is 25.3 Å². The summed E-state index contributed by atoms with van der Waals surface area (Å²) < 4.78 is 11.0. The highest BCUT2D eigenvalue weighted by Crippen LogP contribution is 2.22. The molecule has 0 unspecified atom stereocenters. The topological polar surface area (TPSA) is 70.7 Å². The van der Waals surface area contributed by atoms with Gasteiger partial charge in [0.05, 0.1) is 24.6 Å². The number of rotatable bonds is 7. The Kier molecular flexibility index (Phi) is 6.29. The zero-order chi connectivity index (χ0) is 20.8. The third-order valence-corrected chi connectivity index (χ3v) is 5.33. The standard InChI is InChI=1S/C23H26N4O3/c1-29-19-7-9-20(10-8-19)30-16-15-26-11-13-27(14-12-26)23(28)21-17-24-25-22(21)18-5-3-2-4-6-18/h2-10,17H,11-16H2,1H3,(H,24,25). The molecule has 0 aliphatic carbocycles. The largest absolute Gasteiger partial charge is 0.497 e. The number of ether oxygens (including phenoxy) is 2. The normalized spacial score (nSPS) is 14.5. The Morgan fingerprint density at radius 2 is 1.70 bits per heavy atom. The van der Waals surface area contributed by atoms with E-state index in [9.17, 15) is 4.79 Å². The molecule has 0 atom stereocenters. The average molecular weight is 406 g/mol. The SMILES string of the molecule is COc1ccc(OCCN2CCN(C(=O)c3cn[nH]c3-c3ccccc3)CC2)cc1. The van der Waals surface area contributed by atoms with Gasteiger partial charge in [-0.15, -0.1) is 0 Å². The number of piperazine rings is 1. The molecule has 7 nitrogen and oxygen atoms in total. The Balaban J connectivity index is 1.26. The Hall–Kier alpha value is -3.32. The Bertz CT molecular complexity index is 948. The smallest absolute Gasteiger partial charge is 0.257 e. The van der Waals surface area contributed by atoms with Crippen LogP contribution in [-0.2, 0) is 0 Å². The van der Waals surface area contributed by atoms with Crippen molar-refractivity contribution in [2.75, 3.05) is 46.4 Å². The molecule has 1 saturated heterocycles. The maximum Gasteiger partial charge on any atom is 0.257 e. The fraction of sp³-hybridized carbons (Fsp3) is 0.304. The number of nitrogens with zero attached hydrogens (tertiary/aromatic N) is 3. The summed E-state index contributed by atoms with van der Waals surface area (Å²) >= 11 is 0. The number of methoxy groups -OCH3 is 1. The van der Waals surface area contributed by atoms with Crippen molar-refractivity contribution in [2.24, 2.45) is 0 Å². The summed E-state index contributed by atoms with van der Waals surface area (Å²) in [6.45, 7) is 4.49. The highest BCUT2D eigenvalue weighted by Gasteiger charge is 2.25. The lowest BCUT2D eigenvalue weighted by Gasteiger charge is -2.34. The molecule has 1 N–H and O–H groups in total. The number of hydrogen-bond donors (Lipinski definition) is 1. The van der Waals surface area contributed by atoms with Gasteiger partial charge < -0.3 is 14.4 Å². The number of aromatic nitrogens is 2. The van der Waals surface area contributed by atoms with Crippen LogP contribution >= 0.6 is 0 Å². The zero-order valence-electron chi connectivity index (χ0n) is 17.1. The van der Waals surface area contributed by atoms with E-state index in [4.69, 9.17) is 9.47 Å². The molecular formula is C23H26N4O3. The summed E-state index contributed by atoms with van der Waals surface area (Å²) in [5.41, 5.74) is 2.36. The molecule has 0 spiro atoms. The number of amides is 1. The van der Waals surface area contributed by atoms with Gasteiger partial charge in [-0.1, -0.05) is 30.3 Å². The first-order valence-corrected chi connectivity index (χ1v) is 10.1. The number of aromatic amines is 1. The van der Waals surface area contributed by atoms with Gasteiger partial charge in [0.1, 0.15) is 18.1 Å². The molecule has 2 aromatic carbocycles. The second-order valence-corrected chi connectivity index (χ2v) is 7.18. The van der Waals surface area contributed by atoms with Crippen LogP contribution in [0.1, 0.15) is 10.4 Å². The molecule has 0 radical (unpaired) electrons. The van der Waals surface area contributed by atoms with Gasteiger partial charge >= 0.3 is 0 Å². The van der Waals surface area contributed by atoms with Crippen molar-refractivity contribution in [1.29, 1.82) is 0 Å². The quantitative estimate of drug-likeness (QED) is 0.653. The fourth-order valence-corrected chi connectivity index (χ4v) is 3.58. The fourth-order valence-electron chi connectivity index (χ4n) is 3.58. The number of H-pyrrole nitrogens is 1. The number of hydrogen-bond acceptors (Lipinski definition) is 5. The van der Waals surface area contributed by atoms with Crippen molar-refractivity contribution in [2.45, 2.75) is 0 Å². The predicted octanol–water partition coefficient (Wildman–Crippen LogP) is 2.92. The Morgan fingerprint density at radius 1 is 1.00 bits per heavy atom. The van der Waals surface area contributed by atoms with E-state index in [1.807, 2.05) is 59.5 Å². The second-order valence-electron chi connectivity index (χ2n) is 7.18. The van der Waals surface area contributed by atoms with Crippen LogP contribution in [0.2, 0.25) is 0 Å². The van der Waals surface area contributed by atoms with E-state index in [-0.39, 0.29) is 5.91 Å². The van der Waals surface area contributed by atoms with Gasteiger partial charge in [-0.3, -0.25) is 14.8 Å². The summed E-state index contributed by atoms with van der Waals surface area (Å²) in [5, 5.41) is 7.07. The minimum Gasteiger partial charge on any atom is -0.497 e. The number of carbonyl (C=O) groups excluding carboxylic acids is 1. The van der Waals surface area contributed by atoms with Crippen LogP contribution in [0.5, 0.6) is 11.5 Å². The van der Waals surface area contributed by atoms with E-state index in [0.717, 1.165) is 42.4 Å². The van der Waals surface area contributed by atoms with Crippen LogP contribution < -0.4 is 9.47 Å². The van der Waals surface area contributed by atoms with Gasteiger partial charge in [0.15, 0.2) is 0 Å². The second kappa shape index (κ2) is 9.45. The van der Waals surface area contributed by atoms with Crippen LogP contribution in [0, 0.1) is 0 Å². The van der Waals surface area contributed by atoms with Gasteiger partial charge in [0.2, 0.25) is 0 Å². The molecular weight excluding hydrogens is 380 g/mol. The van der Waals surface area contributed by atoms with Gasteiger partial charge in [-0.25, -0.2) is 0 Å². The minimum atomic E-state index is 0.0248. The highest BCUT2D eigenvalue weighted by atomic mass is 16.5. The summed E-state index contributed by atoms with van der Waals surface area (Å²) in [4.78, 5) is 17.2. The molecule has 1 aliphatic heterocycles. The lowest BCUT2D eigenvalue weighted by Crippen LogP contribution is -2.49. The molecule has 1 aromatic heterocycles. The molecule has 0 bridgehead atoms. The van der Waals surface area contributed by atoms with Gasteiger partial charge in [0.25, 0.3) is 5.91 Å². The minimum absolute atomic E-state index is 0.0248. The van der Waals surface area contributed by atoms with E-state index in [1.54, 1.807) is 13.3 Å². The molecule has 1 amide bonds. The first-order valence-electron chi connectivity index (χ1n) is 10.1. The third-order valence-electron chi connectivity index (χ3n) is 5.33. The number of nitrogens with one attached hydrogen (secondary N) is 1. The summed E-state index contributed by atoms with van der Waals surface area (Å²) in [7, 11) is 1.65.